The molecule has 0 aliphatic rings. The van der Waals surface area contributed by atoms with Gasteiger partial charge in [0.25, 0.3) is 0 Å². The van der Waals surface area contributed by atoms with E-state index in [1.807, 2.05) is 24.3 Å². The van der Waals surface area contributed by atoms with Crippen LogP contribution in [0.15, 0.2) is 30.3 Å². The summed E-state index contributed by atoms with van der Waals surface area (Å²) in [5, 5.41) is 10.2. The number of aliphatic hydroxyl groups excluding tert-OH is 1. The predicted molar refractivity (Wildman–Crippen MR) is 151 cm³/mol. The maximum atomic E-state index is 10.2. The molecule has 0 aromatic heterocycles. The van der Waals surface area contributed by atoms with Gasteiger partial charge in [0.15, 0.2) is 6.79 Å². The summed E-state index contributed by atoms with van der Waals surface area (Å²) in [5.41, 5.74) is 4.80. The molecule has 0 saturated heterocycles. The van der Waals surface area contributed by atoms with Crippen molar-refractivity contribution in [1.29, 1.82) is 0 Å². The van der Waals surface area contributed by atoms with E-state index in [4.69, 9.17) is 37.3 Å². The van der Waals surface area contributed by atoms with Gasteiger partial charge in [0, 0.05) is 41.7 Å². The molecule has 1 N–H and O–H groups in total. The molecule has 2 rings (SSSR count). The Hall–Kier alpha value is -2.31. The van der Waals surface area contributed by atoms with E-state index >= 15 is 0 Å². The van der Waals surface area contributed by atoms with Crippen LogP contribution in [0.1, 0.15) is 52.7 Å². The Balaban J connectivity index is -0.00000193. The summed E-state index contributed by atoms with van der Waals surface area (Å²) in [6.07, 6.45) is 0. The SMILES string of the molecule is COCOc1ccc(CO[Si](C(C)C)(C(C)C)C(C)C)cc1-c1c(CO)cc(OC)cc1OC.[C-]#[O+].[C-]#[O+].[C-]#[O+].[Cr]. The van der Waals surface area contributed by atoms with E-state index in [2.05, 4.69) is 67.6 Å². The summed E-state index contributed by atoms with van der Waals surface area (Å²) in [4.78, 5) is 0. The number of hydrogen-bond acceptors (Lipinski definition) is 6. The molecule has 2 aromatic rings. The Morgan fingerprint density at radius 2 is 1.32 bits per heavy atom. The van der Waals surface area contributed by atoms with Crippen LogP contribution >= 0.6 is 0 Å². The first-order chi connectivity index (χ1) is 19.2. The number of rotatable bonds is 13. The zero-order valence-corrected chi connectivity index (χ0v) is 27.6. The standard InChI is InChI=1S/C27H42O6Si.3CO.Cr/c1-18(2)34(19(3)4,20(5)6)33-16-21-10-11-25(32-17-29-7)24(12-21)27-22(15-28)13-23(30-8)14-26(27)31-9;3*1-2;/h10-14,18-20,28H,15-17H2,1-9H3;;;;. The summed E-state index contributed by atoms with van der Waals surface area (Å²) in [7, 11) is 2.76. The minimum absolute atomic E-state index is 0. The maximum Gasteiger partial charge on any atom is 0 e. The number of ether oxygens (including phenoxy) is 4. The van der Waals surface area contributed by atoms with Gasteiger partial charge in [-0.1, -0.05) is 47.6 Å². The van der Waals surface area contributed by atoms with Crippen molar-refractivity contribution in [3.8, 4) is 28.4 Å². The molecule has 0 spiro atoms. The molecule has 0 bridgehead atoms. The van der Waals surface area contributed by atoms with E-state index < -0.39 is 8.32 Å². The smallest absolute Gasteiger partial charge is 0 e. The molecule has 226 valence electrons. The molecule has 11 heteroatoms. The third-order valence-electron chi connectivity index (χ3n) is 6.62. The van der Waals surface area contributed by atoms with Gasteiger partial charge >= 0.3 is 33.9 Å². The van der Waals surface area contributed by atoms with E-state index in [0.717, 1.165) is 16.7 Å². The molecule has 0 unspecified atom stereocenters. The van der Waals surface area contributed by atoms with Crippen molar-refractivity contribution >= 4 is 8.32 Å². The Bertz CT molecular complexity index is 1000. The van der Waals surface area contributed by atoms with E-state index in [1.165, 1.54) is 0 Å². The van der Waals surface area contributed by atoms with Crippen LogP contribution in [0.25, 0.3) is 11.1 Å². The predicted octanol–water partition coefficient (Wildman–Crippen LogP) is 6.42. The van der Waals surface area contributed by atoms with Gasteiger partial charge in [0.1, 0.15) is 17.2 Å². The van der Waals surface area contributed by atoms with Crippen molar-refractivity contribution in [2.45, 2.75) is 71.4 Å². The molecule has 0 amide bonds. The zero-order chi connectivity index (χ0) is 31.5. The molecule has 2 aromatic carbocycles. The molecule has 0 heterocycles. The van der Waals surface area contributed by atoms with Gasteiger partial charge in [-0.15, -0.1) is 0 Å². The molecule has 9 nitrogen and oxygen atoms in total. The van der Waals surface area contributed by atoms with E-state index in [1.54, 1.807) is 21.3 Å². The topological polar surface area (TPSA) is 126 Å². The van der Waals surface area contributed by atoms with Gasteiger partial charge in [-0.3, -0.25) is 0 Å². The summed E-state index contributed by atoms with van der Waals surface area (Å²) in [5.74, 6) is 1.85. The van der Waals surface area contributed by atoms with E-state index in [-0.39, 0.29) is 30.8 Å². The molecule has 0 saturated carbocycles. The zero-order valence-electron chi connectivity index (χ0n) is 25.4. The van der Waals surface area contributed by atoms with Crippen LogP contribution in [0.2, 0.25) is 16.6 Å². The summed E-state index contributed by atoms with van der Waals surface area (Å²) in [6, 6.07) is 9.65. The number of aliphatic hydroxyl groups is 1. The van der Waals surface area contributed by atoms with Gasteiger partial charge in [0.05, 0.1) is 27.4 Å². The van der Waals surface area contributed by atoms with Crippen LogP contribution in [-0.2, 0) is 53.7 Å². The largest absolute Gasteiger partial charge is 0 e. The average Bonchev–Trinajstić information content (AvgIpc) is 2.98. The Kier molecular flexibility index (Phi) is 24.5. The second-order valence-electron chi connectivity index (χ2n) is 9.51. The monoisotopic (exact) mass is 626 g/mol. The average molecular weight is 627 g/mol. The van der Waals surface area contributed by atoms with Crippen LogP contribution in [0.4, 0.5) is 0 Å². The summed E-state index contributed by atoms with van der Waals surface area (Å²) >= 11 is 0. The Morgan fingerprint density at radius 1 is 0.780 bits per heavy atom. The molecule has 0 atom stereocenters. The minimum atomic E-state index is -2.02. The Morgan fingerprint density at radius 3 is 1.73 bits per heavy atom. The van der Waals surface area contributed by atoms with E-state index in [9.17, 15) is 5.11 Å². The van der Waals surface area contributed by atoms with Crippen LogP contribution in [0.3, 0.4) is 0 Å². The van der Waals surface area contributed by atoms with Crippen molar-refractivity contribution in [2.24, 2.45) is 0 Å². The van der Waals surface area contributed by atoms with Gasteiger partial charge in [-0.2, -0.15) is 0 Å². The van der Waals surface area contributed by atoms with Gasteiger partial charge < -0.3 is 28.5 Å². The van der Waals surface area contributed by atoms with Crippen molar-refractivity contribution in [1.82, 2.24) is 0 Å². The number of methoxy groups -OCH3 is 3. The molecular formula is C30H42CrO9Si. The van der Waals surface area contributed by atoms with Crippen LogP contribution in [0.5, 0.6) is 17.2 Å². The Labute approximate surface area is 256 Å². The van der Waals surface area contributed by atoms with Crippen LogP contribution in [0, 0.1) is 20.0 Å². The number of hydrogen-bond donors (Lipinski definition) is 1. The number of benzene rings is 2. The molecule has 0 fully saturated rings. The third-order valence-corrected chi connectivity index (χ3v) is 12.7. The van der Waals surface area contributed by atoms with Crippen LogP contribution in [-0.4, -0.2) is 41.5 Å². The fraction of sp³-hybridized carbons (Fsp3) is 0.500. The van der Waals surface area contributed by atoms with E-state index in [0.29, 0.717) is 46.0 Å². The second kappa shape index (κ2) is 23.3. The molecule has 0 aliphatic carbocycles. The maximum absolute atomic E-state index is 10.2. The van der Waals surface area contributed by atoms with Gasteiger partial charge in [-0.25, -0.2) is 0 Å². The van der Waals surface area contributed by atoms with Crippen molar-refractivity contribution in [2.75, 3.05) is 28.1 Å². The summed E-state index contributed by atoms with van der Waals surface area (Å²) in [6.45, 7) is 27.7. The first-order valence-corrected chi connectivity index (χ1v) is 14.7. The first-order valence-electron chi connectivity index (χ1n) is 12.5. The second-order valence-corrected chi connectivity index (χ2v) is 15.0. The quantitative estimate of drug-likeness (QED) is 0.118. The molecular weight excluding hydrogens is 584 g/mol. The normalized spacial score (nSPS) is 10.1. The summed E-state index contributed by atoms with van der Waals surface area (Å²) < 4.78 is 51.5. The van der Waals surface area contributed by atoms with Crippen molar-refractivity contribution in [3.05, 3.63) is 61.4 Å². The fourth-order valence-corrected chi connectivity index (χ4v) is 10.6. The minimum Gasteiger partial charge on any atom is 0 e. The van der Waals surface area contributed by atoms with Gasteiger partial charge in [0.2, 0.25) is 8.32 Å². The first kappa shape index (κ1) is 43.1. The molecule has 0 aliphatic heterocycles. The molecule has 0 radical (unpaired) electrons. The van der Waals surface area contributed by atoms with Crippen molar-refractivity contribution < 1.29 is 59.8 Å². The fourth-order valence-electron chi connectivity index (χ4n) is 5.17. The third kappa shape index (κ3) is 11.5. The van der Waals surface area contributed by atoms with Crippen molar-refractivity contribution in [3.63, 3.8) is 0 Å². The molecule has 41 heavy (non-hydrogen) atoms. The van der Waals surface area contributed by atoms with Gasteiger partial charge in [-0.05, 0) is 45.9 Å². The van der Waals surface area contributed by atoms with Crippen LogP contribution < -0.4 is 14.2 Å².